The van der Waals surface area contributed by atoms with Gasteiger partial charge in [-0.05, 0) is 17.5 Å². The number of fused-ring (bicyclic) bond motifs is 1. The van der Waals surface area contributed by atoms with E-state index in [-0.39, 0.29) is 24.2 Å². The third-order valence-corrected chi connectivity index (χ3v) is 3.82. The number of aromatic amines is 1. The first-order valence-electron chi connectivity index (χ1n) is 7.00. The van der Waals surface area contributed by atoms with Crippen LogP contribution in [0.15, 0.2) is 35.1 Å². The zero-order chi connectivity index (χ0) is 15.7. The SMILES string of the molecule is O=C(c1cccc2ccc(=O)[nH]c12)N1CCNC[C@H]1C(F)F. The molecule has 1 aliphatic rings. The Bertz CT molecular complexity index is 760. The van der Waals surface area contributed by atoms with Gasteiger partial charge in [0.2, 0.25) is 5.56 Å². The molecule has 2 aromatic rings. The highest BCUT2D eigenvalue weighted by atomic mass is 19.3. The van der Waals surface area contributed by atoms with Crippen LogP contribution < -0.4 is 10.9 Å². The molecule has 0 spiro atoms. The van der Waals surface area contributed by atoms with Gasteiger partial charge in [0.1, 0.15) is 6.04 Å². The van der Waals surface area contributed by atoms with Gasteiger partial charge in [0.05, 0.1) is 11.1 Å². The number of halogens is 2. The highest BCUT2D eigenvalue weighted by Gasteiger charge is 2.34. The first-order valence-corrected chi connectivity index (χ1v) is 7.00. The van der Waals surface area contributed by atoms with Crippen LogP contribution in [-0.2, 0) is 0 Å². The lowest BCUT2D eigenvalue weighted by molar-refractivity contribution is 0.0127. The van der Waals surface area contributed by atoms with Crippen molar-refractivity contribution in [2.45, 2.75) is 12.5 Å². The van der Waals surface area contributed by atoms with Gasteiger partial charge < -0.3 is 15.2 Å². The normalized spacial score (nSPS) is 18.9. The molecule has 116 valence electrons. The lowest BCUT2D eigenvalue weighted by atomic mass is 10.1. The molecule has 22 heavy (non-hydrogen) atoms. The summed E-state index contributed by atoms with van der Waals surface area (Å²) in [4.78, 5) is 28.0. The molecule has 0 bridgehead atoms. The van der Waals surface area contributed by atoms with Crippen molar-refractivity contribution in [3.05, 3.63) is 46.2 Å². The van der Waals surface area contributed by atoms with Crippen LogP contribution >= 0.6 is 0 Å². The van der Waals surface area contributed by atoms with Gasteiger partial charge in [-0.2, -0.15) is 0 Å². The Morgan fingerprint density at radius 1 is 1.27 bits per heavy atom. The molecule has 1 atom stereocenters. The van der Waals surface area contributed by atoms with E-state index in [0.717, 1.165) is 0 Å². The smallest absolute Gasteiger partial charge is 0.259 e. The summed E-state index contributed by atoms with van der Waals surface area (Å²) in [5.74, 6) is -0.487. The fourth-order valence-electron chi connectivity index (χ4n) is 2.71. The summed E-state index contributed by atoms with van der Waals surface area (Å²) < 4.78 is 26.3. The second kappa shape index (κ2) is 5.84. The van der Waals surface area contributed by atoms with Crippen LogP contribution in [0.4, 0.5) is 8.78 Å². The third-order valence-electron chi connectivity index (χ3n) is 3.82. The van der Waals surface area contributed by atoms with Gasteiger partial charge in [-0.1, -0.05) is 12.1 Å². The number of nitrogens with zero attached hydrogens (tertiary/aromatic N) is 1. The lowest BCUT2D eigenvalue weighted by Gasteiger charge is -2.35. The fourth-order valence-corrected chi connectivity index (χ4v) is 2.71. The van der Waals surface area contributed by atoms with E-state index in [1.165, 1.54) is 11.0 Å². The van der Waals surface area contributed by atoms with E-state index in [1.54, 1.807) is 24.3 Å². The average molecular weight is 307 g/mol. The molecule has 1 amide bonds. The Balaban J connectivity index is 2.04. The van der Waals surface area contributed by atoms with Gasteiger partial charge in [0, 0.05) is 25.7 Å². The van der Waals surface area contributed by atoms with Gasteiger partial charge in [-0.3, -0.25) is 9.59 Å². The Kier molecular flexibility index (Phi) is 3.89. The number of nitrogens with one attached hydrogen (secondary N) is 2. The Labute approximate surface area is 124 Å². The summed E-state index contributed by atoms with van der Waals surface area (Å²) in [7, 11) is 0. The molecule has 3 rings (SSSR count). The van der Waals surface area contributed by atoms with Crippen LogP contribution in [-0.4, -0.2) is 47.9 Å². The number of pyridine rings is 1. The molecule has 0 saturated carbocycles. The van der Waals surface area contributed by atoms with Crippen molar-refractivity contribution in [1.82, 2.24) is 15.2 Å². The van der Waals surface area contributed by atoms with E-state index in [1.807, 2.05) is 0 Å². The van der Waals surface area contributed by atoms with E-state index < -0.39 is 18.4 Å². The number of amides is 1. The summed E-state index contributed by atoms with van der Waals surface area (Å²) in [6, 6.07) is 6.78. The monoisotopic (exact) mass is 307 g/mol. The highest BCUT2D eigenvalue weighted by molar-refractivity contribution is 6.05. The molecular weight excluding hydrogens is 292 g/mol. The van der Waals surface area contributed by atoms with Crippen LogP contribution in [0.25, 0.3) is 10.9 Å². The predicted octanol–water partition coefficient (Wildman–Crippen LogP) is 1.21. The standard InChI is InChI=1S/C15H15F2N3O2/c16-14(17)11-8-18-6-7-20(11)15(22)10-3-1-2-9-4-5-12(21)19-13(9)10/h1-5,11,14,18H,6-8H2,(H,19,21)/t11-/m0/s1. The van der Waals surface area contributed by atoms with Crippen molar-refractivity contribution in [3.8, 4) is 0 Å². The van der Waals surface area contributed by atoms with Gasteiger partial charge >= 0.3 is 0 Å². The van der Waals surface area contributed by atoms with Crippen LogP contribution in [0.2, 0.25) is 0 Å². The number of hydrogen-bond acceptors (Lipinski definition) is 3. The van der Waals surface area contributed by atoms with Gasteiger partial charge in [0.15, 0.2) is 0 Å². The number of carbonyl (C=O) groups is 1. The van der Waals surface area contributed by atoms with Crippen LogP contribution in [0, 0.1) is 0 Å². The molecule has 1 saturated heterocycles. The lowest BCUT2D eigenvalue weighted by Crippen LogP contribution is -2.56. The molecule has 5 nitrogen and oxygen atoms in total. The molecule has 1 aliphatic heterocycles. The molecular formula is C15H15F2N3O2. The predicted molar refractivity (Wildman–Crippen MR) is 78.3 cm³/mol. The average Bonchev–Trinajstić information content (AvgIpc) is 2.53. The van der Waals surface area contributed by atoms with Crippen molar-refractivity contribution in [3.63, 3.8) is 0 Å². The van der Waals surface area contributed by atoms with Crippen molar-refractivity contribution in [1.29, 1.82) is 0 Å². The van der Waals surface area contributed by atoms with Crippen LogP contribution in [0.5, 0.6) is 0 Å². The molecule has 0 radical (unpaired) electrons. The van der Waals surface area contributed by atoms with Crippen molar-refractivity contribution in [2.75, 3.05) is 19.6 Å². The number of para-hydroxylation sites is 1. The Morgan fingerprint density at radius 2 is 2.09 bits per heavy atom. The topological polar surface area (TPSA) is 65.2 Å². The molecule has 1 aromatic carbocycles. The van der Waals surface area contributed by atoms with Gasteiger partial charge in [-0.15, -0.1) is 0 Å². The number of rotatable bonds is 2. The summed E-state index contributed by atoms with van der Waals surface area (Å²) in [6.07, 6.45) is -2.62. The van der Waals surface area contributed by atoms with E-state index in [0.29, 0.717) is 17.4 Å². The van der Waals surface area contributed by atoms with Crippen molar-refractivity contribution < 1.29 is 13.6 Å². The van der Waals surface area contributed by atoms with Gasteiger partial charge in [-0.25, -0.2) is 8.78 Å². The highest BCUT2D eigenvalue weighted by Crippen LogP contribution is 2.20. The minimum Gasteiger partial charge on any atom is -0.327 e. The molecule has 1 fully saturated rings. The largest absolute Gasteiger partial charge is 0.327 e. The maximum absolute atomic E-state index is 13.1. The summed E-state index contributed by atoms with van der Waals surface area (Å²) in [5.41, 5.74) is 0.285. The van der Waals surface area contributed by atoms with E-state index in [4.69, 9.17) is 0 Å². The van der Waals surface area contributed by atoms with Crippen molar-refractivity contribution >= 4 is 16.8 Å². The Morgan fingerprint density at radius 3 is 2.86 bits per heavy atom. The van der Waals surface area contributed by atoms with E-state index in [9.17, 15) is 18.4 Å². The number of piperazine rings is 1. The number of benzene rings is 1. The number of H-pyrrole nitrogens is 1. The summed E-state index contributed by atoms with van der Waals surface area (Å²) >= 11 is 0. The molecule has 2 heterocycles. The van der Waals surface area contributed by atoms with Crippen LogP contribution in [0.1, 0.15) is 10.4 Å². The summed E-state index contributed by atoms with van der Waals surface area (Å²) in [6.45, 7) is 0.738. The second-order valence-corrected chi connectivity index (χ2v) is 5.20. The molecule has 2 N–H and O–H groups in total. The number of alkyl halides is 2. The van der Waals surface area contributed by atoms with Crippen molar-refractivity contribution in [2.24, 2.45) is 0 Å². The van der Waals surface area contributed by atoms with E-state index >= 15 is 0 Å². The number of hydrogen-bond donors (Lipinski definition) is 2. The zero-order valence-electron chi connectivity index (χ0n) is 11.7. The second-order valence-electron chi connectivity index (χ2n) is 5.20. The minimum atomic E-state index is -2.62. The molecule has 7 heteroatoms. The van der Waals surface area contributed by atoms with Gasteiger partial charge in [0.25, 0.3) is 12.3 Å². The summed E-state index contributed by atoms with van der Waals surface area (Å²) in [5, 5.41) is 3.56. The fraction of sp³-hybridized carbons (Fsp3) is 0.333. The Hall–Kier alpha value is -2.28. The molecule has 1 aromatic heterocycles. The quantitative estimate of drug-likeness (QED) is 0.876. The number of carbonyl (C=O) groups excluding carboxylic acids is 1. The third kappa shape index (κ3) is 2.59. The first kappa shape index (κ1) is 14.6. The maximum Gasteiger partial charge on any atom is 0.259 e. The van der Waals surface area contributed by atoms with E-state index in [2.05, 4.69) is 10.3 Å². The number of aromatic nitrogens is 1. The minimum absolute atomic E-state index is 0.0602. The zero-order valence-corrected chi connectivity index (χ0v) is 11.7. The molecule has 0 aliphatic carbocycles. The molecule has 0 unspecified atom stereocenters. The van der Waals surface area contributed by atoms with Crippen LogP contribution in [0.3, 0.4) is 0 Å². The maximum atomic E-state index is 13.1. The first-order chi connectivity index (χ1) is 10.6.